The number of benzene rings is 2. The molecule has 1 radical (unpaired) electrons. The maximum atomic E-state index is 12.9. The summed E-state index contributed by atoms with van der Waals surface area (Å²) < 4.78 is 24.1. The second-order valence-electron chi connectivity index (χ2n) is 6.18. The molecule has 1 heterocycles. The van der Waals surface area contributed by atoms with E-state index in [0.717, 1.165) is 18.7 Å². The molecule has 0 spiro atoms. The Bertz CT molecular complexity index is 777. The molecule has 1 fully saturated rings. The summed E-state index contributed by atoms with van der Waals surface area (Å²) in [4.78, 5) is 0. The van der Waals surface area contributed by atoms with Crippen molar-refractivity contribution < 1.29 is 13.9 Å². The molecule has 0 saturated carbocycles. The zero-order valence-corrected chi connectivity index (χ0v) is 14.5. The van der Waals surface area contributed by atoms with Gasteiger partial charge in [-0.05, 0) is 47.9 Å². The Hall–Kier alpha value is -2.51. The van der Waals surface area contributed by atoms with Crippen molar-refractivity contribution in [1.29, 1.82) is 0 Å². The van der Waals surface area contributed by atoms with E-state index in [1.54, 1.807) is 19.2 Å². The summed E-state index contributed by atoms with van der Waals surface area (Å²) in [6, 6.07) is 12.1. The van der Waals surface area contributed by atoms with Gasteiger partial charge in [-0.25, -0.2) is 9.71 Å². The summed E-state index contributed by atoms with van der Waals surface area (Å²) in [5.41, 5.74) is 1.98. The van der Waals surface area contributed by atoms with Crippen LogP contribution in [0.2, 0.25) is 0 Å². The maximum absolute atomic E-state index is 12.9. The van der Waals surface area contributed by atoms with Gasteiger partial charge in [0, 0.05) is 24.6 Å². The van der Waals surface area contributed by atoms with E-state index >= 15 is 0 Å². The molecule has 1 saturated heterocycles. The van der Waals surface area contributed by atoms with Gasteiger partial charge in [-0.15, -0.1) is 0 Å². The van der Waals surface area contributed by atoms with Gasteiger partial charge in [-0.3, -0.25) is 0 Å². The minimum absolute atomic E-state index is 0.238. The van der Waals surface area contributed by atoms with Crippen LogP contribution in [0, 0.1) is 23.6 Å². The van der Waals surface area contributed by atoms with Crippen LogP contribution < -0.4 is 14.8 Å². The van der Waals surface area contributed by atoms with E-state index in [2.05, 4.69) is 30.1 Å². The van der Waals surface area contributed by atoms with Gasteiger partial charge in [-0.2, -0.15) is 0 Å². The average Bonchev–Trinajstić information content (AvgIpc) is 3.06. The third-order valence-electron chi connectivity index (χ3n) is 4.42. The molecule has 25 heavy (non-hydrogen) atoms. The third kappa shape index (κ3) is 4.32. The van der Waals surface area contributed by atoms with Crippen molar-refractivity contribution in [3.05, 3.63) is 59.4 Å². The van der Waals surface area contributed by atoms with Crippen molar-refractivity contribution in [3.8, 4) is 23.3 Å². The SMILES string of the molecule is COc1ccc([C@H]2C[N]C[C@H]2C)cc1OCC#Cc1ccc(F)cc1. The lowest BCUT2D eigenvalue weighted by Gasteiger charge is -2.17. The van der Waals surface area contributed by atoms with Gasteiger partial charge in [0.1, 0.15) is 12.4 Å². The number of rotatable bonds is 4. The highest BCUT2D eigenvalue weighted by molar-refractivity contribution is 5.45. The molecule has 3 rings (SSSR count). The van der Waals surface area contributed by atoms with Crippen molar-refractivity contribution in [2.45, 2.75) is 12.8 Å². The van der Waals surface area contributed by atoms with Crippen LogP contribution in [0.15, 0.2) is 42.5 Å². The van der Waals surface area contributed by atoms with Crippen LogP contribution in [0.4, 0.5) is 4.39 Å². The van der Waals surface area contributed by atoms with Gasteiger partial charge in [-0.1, -0.05) is 24.8 Å². The van der Waals surface area contributed by atoms with Crippen molar-refractivity contribution >= 4 is 0 Å². The van der Waals surface area contributed by atoms with Crippen LogP contribution in [0.5, 0.6) is 11.5 Å². The normalized spacial score (nSPS) is 19.2. The van der Waals surface area contributed by atoms with Crippen LogP contribution in [0.1, 0.15) is 24.0 Å². The minimum Gasteiger partial charge on any atom is -0.493 e. The molecule has 0 aliphatic carbocycles. The molecule has 1 aliphatic rings. The Morgan fingerprint density at radius 2 is 1.92 bits per heavy atom. The number of ether oxygens (including phenoxy) is 2. The fourth-order valence-electron chi connectivity index (χ4n) is 2.98. The smallest absolute Gasteiger partial charge is 0.162 e. The third-order valence-corrected chi connectivity index (χ3v) is 4.42. The lowest BCUT2D eigenvalue weighted by atomic mass is 9.90. The fraction of sp³-hybridized carbons (Fsp3) is 0.333. The Labute approximate surface area is 148 Å². The number of nitrogens with zero attached hydrogens (tertiary/aromatic N) is 1. The second-order valence-corrected chi connectivity index (χ2v) is 6.18. The first-order valence-corrected chi connectivity index (χ1v) is 8.36. The molecule has 1 aliphatic heterocycles. The van der Waals surface area contributed by atoms with E-state index in [1.807, 2.05) is 12.1 Å². The fourth-order valence-corrected chi connectivity index (χ4v) is 2.98. The lowest BCUT2D eigenvalue weighted by molar-refractivity contribution is 0.330. The Morgan fingerprint density at radius 3 is 2.60 bits per heavy atom. The van der Waals surface area contributed by atoms with Gasteiger partial charge >= 0.3 is 0 Å². The molecule has 0 N–H and O–H groups in total. The van der Waals surface area contributed by atoms with Gasteiger partial charge in [0.2, 0.25) is 0 Å². The molecular formula is C21H21FNO2. The largest absolute Gasteiger partial charge is 0.493 e. The highest BCUT2D eigenvalue weighted by Crippen LogP contribution is 2.35. The van der Waals surface area contributed by atoms with Crippen LogP contribution >= 0.6 is 0 Å². The Morgan fingerprint density at radius 1 is 1.12 bits per heavy atom. The summed E-state index contributed by atoms with van der Waals surface area (Å²) in [6.07, 6.45) is 0. The summed E-state index contributed by atoms with van der Waals surface area (Å²) in [7, 11) is 1.62. The molecule has 0 unspecified atom stereocenters. The van der Waals surface area contributed by atoms with Gasteiger partial charge < -0.3 is 9.47 Å². The van der Waals surface area contributed by atoms with E-state index in [1.165, 1.54) is 17.7 Å². The number of methoxy groups -OCH3 is 1. The predicted molar refractivity (Wildman–Crippen MR) is 95.5 cm³/mol. The van der Waals surface area contributed by atoms with Gasteiger partial charge in [0.15, 0.2) is 11.5 Å². The molecule has 2 atom stereocenters. The van der Waals surface area contributed by atoms with Crippen LogP contribution in [0.25, 0.3) is 0 Å². The standard InChI is InChI=1S/C21H21FNO2/c1-15-13-23-14-19(15)17-7-10-20(24-2)21(12-17)25-11-3-4-16-5-8-18(22)9-6-16/h5-10,12,15,19H,11,13-14H2,1-2H3/t15-,19+/m1/s1. The van der Waals surface area contributed by atoms with Crippen LogP contribution in [-0.4, -0.2) is 26.8 Å². The Kier molecular flexibility index (Phi) is 5.57. The van der Waals surface area contributed by atoms with Gasteiger partial charge in [0.05, 0.1) is 7.11 Å². The monoisotopic (exact) mass is 338 g/mol. The first-order valence-electron chi connectivity index (χ1n) is 8.36. The minimum atomic E-state index is -0.267. The molecule has 129 valence electrons. The van der Waals surface area contributed by atoms with Gasteiger partial charge in [0.25, 0.3) is 0 Å². The zero-order chi connectivity index (χ0) is 17.6. The molecule has 4 heteroatoms. The van der Waals surface area contributed by atoms with Crippen molar-refractivity contribution in [1.82, 2.24) is 5.32 Å². The van der Waals surface area contributed by atoms with E-state index in [9.17, 15) is 4.39 Å². The number of hydrogen-bond donors (Lipinski definition) is 0. The highest BCUT2D eigenvalue weighted by atomic mass is 19.1. The molecule has 0 amide bonds. The Balaban J connectivity index is 1.69. The second kappa shape index (κ2) is 8.04. The molecule has 2 aromatic rings. The van der Waals surface area contributed by atoms with E-state index in [4.69, 9.17) is 9.47 Å². The predicted octanol–water partition coefficient (Wildman–Crippen LogP) is 3.60. The zero-order valence-electron chi connectivity index (χ0n) is 14.5. The number of halogens is 1. The summed E-state index contributed by atoms with van der Waals surface area (Å²) in [6.45, 7) is 4.23. The van der Waals surface area contributed by atoms with E-state index in [-0.39, 0.29) is 12.4 Å². The molecule has 0 bridgehead atoms. The first kappa shape index (κ1) is 17.3. The maximum Gasteiger partial charge on any atom is 0.162 e. The first-order chi connectivity index (χ1) is 12.2. The summed E-state index contributed by atoms with van der Waals surface area (Å²) in [5, 5.41) is 4.49. The number of hydrogen-bond acceptors (Lipinski definition) is 2. The van der Waals surface area contributed by atoms with E-state index < -0.39 is 0 Å². The van der Waals surface area contributed by atoms with Crippen molar-refractivity contribution in [3.63, 3.8) is 0 Å². The van der Waals surface area contributed by atoms with Crippen LogP contribution in [0.3, 0.4) is 0 Å². The van der Waals surface area contributed by atoms with E-state index in [0.29, 0.717) is 23.3 Å². The molecule has 3 nitrogen and oxygen atoms in total. The topological polar surface area (TPSA) is 32.6 Å². The summed E-state index contributed by atoms with van der Waals surface area (Å²) >= 11 is 0. The quantitative estimate of drug-likeness (QED) is 0.798. The summed E-state index contributed by atoms with van der Waals surface area (Å²) in [5.74, 6) is 7.99. The lowest BCUT2D eigenvalue weighted by Crippen LogP contribution is -2.07. The molecule has 0 aromatic heterocycles. The highest BCUT2D eigenvalue weighted by Gasteiger charge is 2.26. The molecule has 2 aromatic carbocycles. The van der Waals surface area contributed by atoms with Crippen molar-refractivity contribution in [2.75, 3.05) is 26.8 Å². The van der Waals surface area contributed by atoms with Crippen molar-refractivity contribution in [2.24, 2.45) is 5.92 Å². The molecular weight excluding hydrogens is 317 g/mol. The average molecular weight is 338 g/mol. The van der Waals surface area contributed by atoms with Crippen LogP contribution in [-0.2, 0) is 0 Å².